The second-order valence-corrected chi connectivity index (χ2v) is 11.5. The number of ether oxygens (including phenoxy) is 1. The monoisotopic (exact) mass is 574 g/mol. The van der Waals surface area contributed by atoms with E-state index in [0.717, 1.165) is 33.6 Å². The van der Waals surface area contributed by atoms with E-state index < -0.39 is 6.04 Å². The molecule has 0 saturated heterocycles. The number of anilines is 1. The molecular weight excluding hydrogens is 547 g/mol. The topological polar surface area (TPSA) is 67.7 Å². The van der Waals surface area contributed by atoms with Crippen LogP contribution in [0.15, 0.2) is 48.5 Å². The maximum absolute atomic E-state index is 14.3. The molecule has 0 N–H and O–H groups in total. The predicted octanol–water partition coefficient (Wildman–Crippen LogP) is 7.19. The Hall–Kier alpha value is -3.81. The van der Waals surface area contributed by atoms with Gasteiger partial charge >= 0.3 is 0 Å². The van der Waals surface area contributed by atoms with E-state index in [1.807, 2.05) is 42.2 Å². The Labute approximate surface area is 242 Å². The smallest absolute Gasteiger partial charge is 0.279 e. The summed E-state index contributed by atoms with van der Waals surface area (Å²) in [4.78, 5) is 35.4. The first-order chi connectivity index (χ1) is 19.0. The Morgan fingerprint density at radius 3 is 2.48 bits per heavy atom. The molecule has 204 valence electrons. The number of carbonyl (C=O) groups excluding carboxylic acids is 2. The Morgan fingerprint density at radius 2 is 1.80 bits per heavy atom. The van der Waals surface area contributed by atoms with Gasteiger partial charge < -0.3 is 14.2 Å². The van der Waals surface area contributed by atoms with E-state index in [0.29, 0.717) is 38.4 Å². The van der Waals surface area contributed by atoms with Crippen LogP contribution in [0.2, 0.25) is 10.0 Å². The number of amides is 2. The summed E-state index contributed by atoms with van der Waals surface area (Å²) in [7, 11) is 5.00. The second kappa shape index (κ2) is 9.39. The zero-order chi connectivity index (χ0) is 28.6. The van der Waals surface area contributed by atoms with E-state index in [-0.39, 0.29) is 17.9 Å². The fourth-order valence-electron chi connectivity index (χ4n) is 5.94. The number of aryl methyl sites for hydroxylation is 1. The molecule has 0 bridgehead atoms. The molecular formula is C31H28Cl2N4O3. The third-order valence-corrected chi connectivity index (χ3v) is 8.20. The van der Waals surface area contributed by atoms with Gasteiger partial charge in [-0.2, -0.15) is 0 Å². The maximum atomic E-state index is 14.3. The van der Waals surface area contributed by atoms with Crippen molar-refractivity contribution in [3.8, 4) is 28.3 Å². The molecule has 3 heterocycles. The highest BCUT2D eigenvalue weighted by atomic mass is 35.5. The van der Waals surface area contributed by atoms with Crippen LogP contribution in [0.4, 0.5) is 5.69 Å². The molecule has 1 aromatic heterocycles. The van der Waals surface area contributed by atoms with Gasteiger partial charge in [-0.15, -0.1) is 0 Å². The van der Waals surface area contributed by atoms with E-state index >= 15 is 0 Å². The van der Waals surface area contributed by atoms with Crippen LogP contribution >= 0.6 is 23.2 Å². The van der Waals surface area contributed by atoms with Gasteiger partial charge in [0.2, 0.25) is 0 Å². The van der Waals surface area contributed by atoms with Crippen LogP contribution in [0.3, 0.4) is 0 Å². The van der Waals surface area contributed by atoms with Gasteiger partial charge in [-0.05, 0) is 73.9 Å². The second-order valence-electron chi connectivity index (χ2n) is 10.6. The van der Waals surface area contributed by atoms with Gasteiger partial charge in [0.05, 0.1) is 29.1 Å². The van der Waals surface area contributed by atoms with Gasteiger partial charge in [0.25, 0.3) is 11.8 Å². The third-order valence-electron chi connectivity index (χ3n) is 7.65. The largest absolute Gasteiger partial charge is 0.496 e. The zero-order valence-electron chi connectivity index (χ0n) is 23.0. The van der Waals surface area contributed by atoms with Crippen molar-refractivity contribution < 1.29 is 14.3 Å². The molecule has 40 heavy (non-hydrogen) atoms. The van der Waals surface area contributed by atoms with Crippen LogP contribution in [-0.4, -0.2) is 47.5 Å². The Kier molecular flexibility index (Phi) is 6.20. The highest BCUT2D eigenvalue weighted by Crippen LogP contribution is 2.56. The lowest BCUT2D eigenvalue weighted by Gasteiger charge is -2.37. The molecule has 2 aliphatic rings. The first-order valence-corrected chi connectivity index (χ1v) is 13.7. The number of benzene rings is 3. The highest BCUT2D eigenvalue weighted by molar-refractivity contribution is 6.35. The molecule has 0 fully saturated rings. The first-order valence-electron chi connectivity index (χ1n) is 13.0. The number of nitrogens with zero attached hydrogens (tertiary/aromatic N) is 4. The molecule has 1 atom stereocenters. The molecule has 0 unspecified atom stereocenters. The van der Waals surface area contributed by atoms with Crippen molar-refractivity contribution in [1.29, 1.82) is 0 Å². The molecule has 2 amide bonds. The van der Waals surface area contributed by atoms with Crippen molar-refractivity contribution >= 4 is 40.7 Å². The fourth-order valence-corrected chi connectivity index (χ4v) is 6.37. The number of hydrogen-bond acceptors (Lipinski definition) is 4. The quantitative estimate of drug-likeness (QED) is 0.259. The normalized spacial score (nSPS) is 15.1. The molecule has 0 saturated carbocycles. The number of carbonyl (C=O) groups is 2. The van der Waals surface area contributed by atoms with Gasteiger partial charge in [0.1, 0.15) is 17.6 Å². The van der Waals surface area contributed by atoms with Crippen molar-refractivity contribution in [2.75, 3.05) is 26.1 Å². The van der Waals surface area contributed by atoms with Crippen molar-refractivity contribution in [1.82, 2.24) is 14.5 Å². The van der Waals surface area contributed by atoms with Crippen molar-refractivity contribution in [2.24, 2.45) is 0 Å². The summed E-state index contributed by atoms with van der Waals surface area (Å²) in [6, 6.07) is 14.3. The van der Waals surface area contributed by atoms with E-state index in [4.69, 9.17) is 32.9 Å². The first kappa shape index (κ1) is 26.4. The summed E-state index contributed by atoms with van der Waals surface area (Å²) in [5.74, 6) is 0.798. The third kappa shape index (κ3) is 3.68. The van der Waals surface area contributed by atoms with Crippen LogP contribution in [0.5, 0.6) is 5.75 Å². The minimum absolute atomic E-state index is 0.0606. The molecule has 0 aliphatic carbocycles. The number of imidazole rings is 1. The average molecular weight is 575 g/mol. The minimum atomic E-state index is -0.430. The maximum Gasteiger partial charge on any atom is 0.279 e. The van der Waals surface area contributed by atoms with E-state index in [1.165, 1.54) is 4.90 Å². The predicted molar refractivity (Wildman–Crippen MR) is 158 cm³/mol. The van der Waals surface area contributed by atoms with Crippen molar-refractivity contribution in [3.63, 3.8) is 0 Å². The lowest BCUT2D eigenvalue weighted by atomic mass is 9.86. The Morgan fingerprint density at radius 1 is 1.05 bits per heavy atom. The number of rotatable bonds is 4. The molecule has 0 radical (unpaired) electrons. The summed E-state index contributed by atoms with van der Waals surface area (Å²) < 4.78 is 7.79. The summed E-state index contributed by atoms with van der Waals surface area (Å²) in [6.45, 7) is 6.09. The van der Waals surface area contributed by atoms with Gasteiger partial charge in [-0.1, -0.05) is 35.3 Å². The number of fused-ring (bicyclic) bond motifs is 8. The zero-order valence-corrected chi connectivity index (χ0v) is 24.6. The highest BCUT2D eigenvalue weighted by Gasteiger charge is 2.49. The summed E-state index contributed by atoms with van der Waals surface area (Å²) >= 11 is 13.2. The molecule has 0 spiro atoms. The van der Waals surface area contributed by atoms with Crippen LogP contribution in [0.25, 0.3) is 22.5 Å². The van der Waals surface area contributed by atoms with Gasteiger partial charge in [0, 0.05) is 36.3 Å². The van der Waals surface area contributed by atoms with E-state index in [9.17, 15) is 9.59 Å². The van der Waals surface area contributed by atoms with Crippen molar-refractivity contribution in [2.45, 2.75) is 32.9 Å². The number of aromatic nitrogens is 2. The average Bonchev–Trinajstić information content (AvgIpc) is 3.45. The lowest BCUT2D eigenvalue weighted by Crippen LogP contribution is -2.34. The standard InChI is InChI=1S/C31H28Cl2N4O3/c1-15(2)36-28-25(34-29(36)21-13-17(30(38)35(4)5)8-12-23(21)40-6)31(39)37-26-16(3)7-11-22(33)24(26)20-14-18(32)9-10-19(20)27(28)37/h7-15,27H,1-6H3/t27-/m0/s1. The van der Waals surface area contributed by atoms with Crippen LogP contribution in [-0.2, 0) is 0 Å². The van der Waals surface area contributed by atoms with Gasteiger partial charge in [-0.3, -0.25) is 14.5 Å². The molecule has 2 aliphatic heterocycles. The SMILES string of the molecule is COc1ccc(C(=O)N(C)C)cc1-c1nc2c(n1C(C)C)[C@@H]1c3ccc(Cl)cc3-c3c(Cl)ccc(C)c3N1C2=O. The number of hydrogen-bond donors (Lipinski definition) is 0. The molecule has 7 nitrogen and oxygen atoms in total. The van der Waals surface area contributed by atoms with Crippen molar-refractivity contribution in [3.05, 3.63) is 86.7 Å². The molecule has 9 heteroatoms. The van der Waals surface area contributed by atoms with E-state index in [1.54, 1.807) is 39.4 Å². The summed E-state index contributed by atoms with van der Waals surface area (Å²) in [6.07, 6.45) is 0. The van der Waals surface area contributed by atoms with Gasteiger partial charge in [0.15, 0.2) is 5.69 Å². The van der Waals surface area contributed by atoms with Crippen LogP contribution in [0.1, 0.15) is 63.6 Å². The molecule has 6 rings (SSSR count). The number of methoxy groups -OCH3 is 1. The minimum Gasteiger partial charge on any atom is -0.496 e. The molecule has 3 aromatic carbocycles. The fraction of sp³-hybridized carbons (Fsp3) is 0.258. The number of halogens is 2. The van der Waals surface area contributed by atoms with Gasteiger partial charge in [-0.25, -0.2) is 4.98 Å². The lowest BCUT2D eigenvalue weighted by molar-refractivity contribution is 0.0827. The Bertz CT molecular complexity index is 1740. The van der Waals surface area contributed by atoms with Crippen LogP contribution < -0.4 is 9.64 Å². The van der Waals surface area contributed by atoms with E-state index in [2.05, 4.69) is 18.4 Å². The summed E-state index contributed by atoms with van der Waals surface area (Å²) in [5, 5.41) is 1.14. The Balaban J connectivity index is 1.65. The van der Waals surface area contributed by atoms with Crippen LogP contribution in [0, 0.1) is 6.92 Å². The summed E-state index contributed by atoms with van der Waals surface area (Å²) in [5.41, 5.74) is 6.61. The molecule has 4 aromatic rings.